The fourth-order valence-electron chi connectivity index (χ4n) is 1.55. The van der Waals surface area contributed by atoms with E-state index in [-0.39, 0.29) is 18.1 Å². The molecule has 0 aliphatic rings. The van der Waals surface area contributed by atoms with Crippen molar-refractivity contribution in [3.8, 4) is 5.75 Å². The highest BCUT2D eigenvalue weighted by Gasteiger charge is 2.08. The zero-order chi connectivity index (χ0) is 15.9. The van der Waals surface area contributed by atoms with Crippen molar-refractivity contribution in [2.75, 3.05) is 18.1 Å². The van der Waals surface area contributed by atoms with Crippen LogP contribution in [0.25, 0.3) is 6.08 Å². The Kier molecular flexibility index (Phi) is 6.91. The van der Waals surface area contributed by atoms with Crippen LogP contribution in [0.2, 0.25) is 0 Å². The van der Waals surface area contributed by atoms with Gasteiger partial charge in [-0.2, -0.15) is 0 Å². The highest BCUT2D eigenvalue weighted by molar-refractivity contribution is 9.10. The number of carboxylic acid groups (broad SMARTS) is 1. The number of ether oxygens (including phenoxy) is 1. The average molecular weight is 377 g/mol. The molecule has 0 radical (unpaired) electrons. The van der Waals surface area contributed by atoms with E-state index >= 15 is 0 Å². The fourth-order valence-corrected chi connectivity index (χ4v) is 2.77. The first kappa shape index (κ1) is 17.7. The predicted molar refractivity (Wildman–Crippen MR) is 85.3 cm³/mol. The molecule has 0 saturated carbocycles. The Bertz CT molecular complexity index is 622. The number of rotatable bonds is 8. The summed E-state index contributed by atoms with van der Waals surface area (Å²) in [5.41, 5.74) is 0.616. The second kappa shape index (κ2) is 8.19. The number of halogens is 1. The van der Waals surface area contributed by atoms with E-state index in [1.54, 1.807) is 25.1 Å². The highest BCUT2D eigenvalue weighted by Crippen LogP contribution is 2.24. The van der Waals surface area contributed by atoms with Crippen molar-refractivity contribution in [1.82, 2.24) is 0 Å². The van der Waals surface area contributed by atoms with Crippen molar-refractivity contribution in [2.45, 2.75) is 13.3 Å². The molecule has 1 aromatic carbocycles. The van der Waals surface area contributed by atoms with E-state index in [9.17, 15) is 13.2 Å². The van der Waals surface area contributed by atoms with Gasteiger partial charge in [0.2, 0.25) is 0 Å². The van der Waals surface area contributed by atoms with Crippen LogP contribution in [0.4, 0.5) is 0 Å². The molecule has 0 unspecified atom stereocenters. The Morgan fingerprint density at radius 3 is 2.76 bits per heavy atom. The van der Waals surface area contributed by atoms with E-state index in [0.29, 0.717) is 17.7 Å². The molecule has 0 aliphatic carbocycles. The minimum absolute atomic E-state index is 0.0837. The Hall–Kier alpha value is -1.34. The van der Waals surface area contributed by atoms with Gasteiger partial charge in [0.25, 0.3) is 0 Å². The third-order valence-electron chi connectivity index (χ3n) is 2.67. The molecule has 0 aromatic heterocycles. The van der Waals surface area contributed by atoms with Gasteiger partial charge in [0.15, 0.2) is 0 Å². The summed E-state index contributed by atoms with van der Waals surface area (Å²) >= 11 is 3.30. The lowest BCUT2D eigenvalue weighted by Crippen LogP contribution is -2.12. The SMILES string of the molecule is CCS(=O)(=O)CCCOc1ccc(Br)cc1C=CC(=O)O. The first-order chi connectivity index (χ1) is 9.84. The topological polar surface area (TPSA) is 80.7 Å². The summed E-state index contributed by atoms with van der Waals surface area (Å²) in [5.74, 6) is -0.322. The molecule has 0 heterocycles. The van der Waals surface area contributed by atoms with Crippen molar-refractivity contribution in [3.63, 3.8) is 0 Å². The van der Waals surface area contributed by atoms with Gasteiger partial charge in [-0.25, -0.2) is 13.2 Å². The maximum atomic E-state index is 11.4. The normalized spacial score (nSPS) is 11.7. The van der Waals surface area contributed by atoms with Crippen molar-refractivity contribution in [2.24, 2.45) is 0 Å². The van der Waals surface area contributed by atoms with Crippen LogP contribution in [0.5, 0.6) is 5.75 Å². The predicted octanol–water partition coefficient (Wildman–Crippen LogP) is 2.75. The van der Waals surface area contributed by atoms with Crippen LogP contribution in [0.3, 0.4) is 0 Å². The maximum absolute atomic E-state index is 11.4. The molecule has 1 N–H and O–H groups in total. The number of aliphatic carboxylic acids is 1. The Labute approximate surface area is 132 Å². The van der Waals surface area contributed by atoms with Gasteiger partial charge in [-0.1, -0.05) is 22.9 Å². The molecule has 0 bridgehead atoms. The molecular formula is C14H17BrO5S. The Morgan fingerprint density at radius 1 is 1.43 bits per heavy atom. The standard InChI is InChI=1S/C14H17BrO5S/c1-2-21(18,19)9-3-8-20-13-6-5-12(15)10-11(13)4-7-14(16)17/h4-7,10H,2-3,8-9H2,1H3,(H,16,17). The van der Waals surface area contributed by atoms with Gasteiger partial charge in [0, 0.05) is 21.9 Å². The zero-order valence-corrected chi connectivity index (χ0v) is 14.0. The molecule has 5 nitrogen and oxygen atoms in total. The first-order valence-corrected chi connectivity index (χ1v) is 8.99. The van der Waals surface area contributed by atoms with Gasteiger partial charge in [0.1, 0.15) is 15.6 Å². The molecule has 7 heteroatoms. The van der Waals surface area contributed by atoms with E-state index in [4.69, 9.17) is 9.84 Å². The van der Waals surface area contributed by atoms with Crippen LogP contribution in [0, 0.1) is 0 Å². The minimum atomic E-state index is -2.99. The quantitative estimate of drug-likeness (QED) is 0.557. The smallest absolute Gasteiger partial charge is 0.328 e. The Balaban J connectivity index is 2.68. The third kappa shape index (κ3) is 6.77. The highest BCUT2D eigenvalue weighted by atomic mass is 79.9. The summed E-state index contributed by atoms with van der Waals surface area (Å²) in [6, 6.07) is 5.22. The van der Waals surface area contributed by atoms with Crippen molar-refractivity contribution in [1.29, 1.82) is 0 Å². The molecule has 0 atom stereocenters. The summed E-state index contributed by atoms with van der Waals surface area (Å²) in [6.07, 6.45) is 2.86. The van der Waals surface area contributed by atoms with E-state index in [2.05, 4.69) is 15.9 Å². The minimum Gasteiger partial charge on any atom is -0.493 e. The largest absolute Gasteiger partial charge is 0.493 e. The van der Waals surface area contributed by atoms with Crippen molar-refractivity contribution < 1.29 is 23.1 Å². The van der Waals surface area contributed by atoms with Crippen LogP contribution >= 0.6 is 15.9 Å². The second-order valence-electron chi connectivity index (χ2n) is 4.29. The van der Waals surface area contributed by atoms with Crippen LogP contribution < -0.4 is 4.74 Å². The molecule has 1 aromatic rings. The lowest BCUT2D eigenvalue weighted by molar-refractivity contribution is -0.131. The number of benzene rings is 1. The molecule has 0 spiro atoms. The molecule has 0 aliphatic heterocycles. The van der Waals surface area contributed by atoms with Crippen molar-refractivity contribution in [3.05, 3.63) is 34.3 Å². The molecule has 0 amide bonds. The monoisotopic (exact) mass is 376 g/mol. The molecule has 0 fully saturated rings. The van der Waals surface area contributed by atoms with E-state index in [0.717, 1.165) is 10.5 Å². The Morgan fingerprint density at radius 2 is 2.14 bits per heavy atom. The fraction of sp³-hybridized carbons (Fsp3) is 0.357. The lowest BCUT2D eigenvalue weighted by atomic mass is 10.2. The summed E-state index contributed by atoms with van der Waals surface area (Å²) in [6.45, 7) is 1.87. The summed E-state index contributed by atoms with van der Waals surface area (Å²) in [4.78, 5) is 10.6. The summed E-state index contributed by atoms with van der Waals surface area (Å²) < 4.78 is 29.1. The average Bonchev–Trinajstić information content (AvgIpc) is 2.43. The van der Waals surface area contributed by atoms with Gasteiger partial charge in [-0.05, 0) is 30.7 Å². The van der Waals surface area contributed by atoms with E-state index in [1.165, 1.54) is 6.08 Å². The van der Waals surface area contributed by atoms with Crippen LogP contribution in [-0.4, -0.2) is 37.6 Å². The van der Waals surface area contributed by atoms with Gasteiger partial charge >= 0.3 is 5.97 Å². The number of hydrogen-bond donors (Lipinski definition) is 1. The van der Waals surface area contributed by atoms with Gasteiger partial charge in [0.05, 0.1) is 12.4 Å². The molecule has 1 rings (SSSR count). The number of sulfone groups is 1. The molecule has 21 heavy (non-hydrogen) atoms. The molecule has 116 valence electrons. The van der Waals surface area contributed by atoms with Gasteiger partial charge in [-0.3, -0.25) is 0 Å². The molecular weight excluding hydrogens is 360 g/mol. The van der Waals surface area contributed by atoms with Crippen molar-refractivity contribution >= 4 is 37.8 Å². The second-order valence-corrected chi connectivity index (χ2v) is 7.68. The van der Waals surface area contributed by atoms with E-state index < -0.39 is 15.8 Å². The van der Waals surface area contributed by atoms with Gasteiger partial charge < -0.3 is 9.84 Å². The van der Waals surface area contributed by atoms with E-state index in [1.807, 2.05) is 0 Å². The van der Waals surface area contributed by atoms with Crippen LogP contribution in [0.15, 0.2) is 28.7 Å². The van der Waals surface area contributed by atoms with Crippen LogP contribution in [-0.2, 0) is 14.6 Å². The third-order valence-corrected chi connectivity index (χ3v) is 4.96. The zero-order valence-electron chi connectivity index (χ0n) is 11.6. The lowest BCUT2D eigenvalue weighted by Gasteiger charge is -2.09. The summed E-state index contributed by atoms with van der Waals surface area (Å²) in [7, 11) is -2.99. The number of hydrogen-bond acceptors (Lipinski definition) is 4. The molecule has 0 saturated heterocycles. The van der Waals surface area contributed by atoms with Gasteiger partial charge in [-0.15, -0.1) is 0 Å². The maximum Gasteiger partial charge on any atom is 0.328 e. The summed E-state index contributed by atoms with van der Waals surface area (Å²) in [5, 5.41) is 8.66. The van der Waals surface area contributed by atoms with Crippen LogP contribution in [0.1, 0.15) is 18.9 Å². The first-order valence-electron chi connectivity index (χ1n) is 6.38. The number of carbonyl (C=O) groups is 1. The number of carboxylic acids is 1.